The molecule has 2 N–H and O–H groups in total. The van der Waals surface area contributed by atoms with Gasteiger partial charge in [0.1, 0.15) is 10.6 Å². The van der Waals surface area contributed by atoms with Crippen LogP contribution >= 0.6 is 0 Å². The molecule has 1 aromatic heterocycles. The average molecular weight is 302 g/mol. The monoisotopic (exact) mass is 302 g/mol. The molecule has 112 valence electrons. The molecule has 1 aliphatic carbocycles. The molecule has 0 aromatic carbocycles. The molecule has 0 spiro atoms. The lowest BCUT2D eigenvalue weighted by molar-refractivity contribution is -0.142. The molecule has 1 aromatic rings. The fourth-order valence-corrected chi connectivity index (χ4v) is 4.23. The van der Waals surface area contributed by atoms with Crippen LogP contribution < -0.4 is 4.72 Å². The van der Waals surface area contributed by atoms with Gasteiger partial charge in [0, 0.05) is 6.04 Å². The van der Waals surface area contributed by atoms with E-state index in [2.05, 4.69) is 9.88 Å². The van der Waals surface area contributed by atoms with Gasteiger partial charge in [0.15, 0.2) is 5.76 Å². The Balaban J connectivity index is 2.06. The third kappa shape index (κ3) is 3.01. The smallest absolute Gasteiger partial charge is 0.306 e. The summed E-state index contributed by atoms with van der Waals surface area (Å²) in [7, 11) is -3.67. The maximum absolute atomic E-state index is 12.3. The largest absolute Gasteiger partial charge is 0.481 e. The van der Waals surface area contributed by atoms with Crippen LogP contribution in [0.25, 0.3) is 0 Å². The van der Waals surface area contributed by atoms with E-state index >= 15 is 0 Å². The summed E-state index contributed by atoms with van der Waals surface area (Å²) >= 11 is 0. The van der Waals surface area contributed by atoms with Gasteiger partial charge < -0.3 is 9.63 Å². The highest BCUT2D eigenvalue weighted by Crippen LogP contribution is 2.26. The average Bonchev–Trinajstić information content (AvgIpc) is 2.69. The van der Waals surface area contributed by atoms with Gasteiger partial charge in [0.05, 0.1) is 5.92 Å². The Kier molecular flexibility index (Phi) is 4.14. The van der Waals surface area contributed by atoms with E-state index in [9.17, 15) is 13.2 Å². The lowest BCUT2D eigenvalue weighted by Gasteiger charge is -2.26. The molecule has 0 unspecified atom stereocenters. The summed E-state index contributed by atoms with van der Waals surface area (Å²) in [5, 5.41) is 12.6. The van der Waals surface area contributed by atoms with E-state index in [1.165, 1.54) is 0 Å². The van der Waals surface area contributed by atoms with Crippen LogP contribution in [0, 0.1) is 19.8 Å². The Morgan fingerprint density at radius 2 is 1.90 bits per heavy atom. The van der Waals surface area contributed by atoms with E-state index in [1.54, 1.807) is 13.8 Å². The molecule has 1 aliphatic rings. The number of carbonyl (C=O) groups is 1. The van der Waals surface area contributed by atoms with Crippen LogP contribution in [0.4, 0.5) is 0 Å². The number of aromatic nitrogens is 1. The Morgan fingerprint density at radius 3 is 2.35 bits per heavy atom. The van der Waals surface area contributed by atoms with Crippen LogP contribution in [0.1, 0.15) is 37.1 Å². The summed E-state index contributed by atoms with van der Waals surface area (Å²) in [5.74, 6) is -0.916. The molecule has 1 fully saturated rings. The number of nitrogens with one attached hydrogen (secondary N) is 1. The normalized spacial score (nSPS) is 23.7. The van der Waals surface area contributed by atoms with Gasteiger partial charge in [0.25, 0.3) is 0 Å². The highest BCUT2D eigenvalue weighted by molar-refractivity contribution is 7.89. The maximum Gasteiger partial charge on any atom is 0.306 e. The quantitative estimate of drug-likeness (QED) is 0.865. The van der Waals surface area contributed by atoms with Crippen LogP contribution in [0.5, 0.6) is 0 Å². The Morgan fingerprint density at radius 1 is 1.30 bits per heavy atom. The van der Waals surface area contributed by atoms with Crippen molar-refractivity contribution in [3.05, 3.63) is 11.5 Å². The van der Waals surface area contributed by atoms with E-state index in [0.717, 1.165) is 0 Å². The molecule has 0 saturated heterocycles. The van der Waals surface area contributed by atoms with Gasteiger partial charge in [-0.25, -0.2) is 13.1 Å². The minimum atomic E-state index is -3.67. The molecular weight excluding hydrogens is 284 g/mol. The van der Waals surface area contributed by atoms with Gasteiger partial charge in [-0.1, -0.05) is 5.16 Å². The summed E-state index contributed by atoms with van der Waals surface area (Å²) in [6.45, 7) is 3.13. The first-order valence-electron chi connectivity index (χ1n) is 6.49. The summed E-state index contributed by atoms with van der Waals surface area (Å²) in [5.41, 5.74) is 0.328. The molecule has 2 rings (SSSR count). The zero-order chi connectivity index (χ0) is 14.9. The molecule has 0 aliphatic heterocycles. The van der Waals surface area contributed by atoms with Crippen molar-refractivity contribution in [1.82, 2.24) is 9.88 Å². The van der Waals surface area contributed by atoms with Gasteiger partial charge in [-0.3, -0.25) is 4.79 Å². The first kappa shape index (κ1) is 15.0. The van der Waals surface area contributed by atoms with Crippen molar-refractivity contribution in [3.8, 4) is 0 Å². The summed E-state index contributed by atoms with van der Waals surface area (Å²) in [6, 6.07) is -0.232. The first-order valence-corrected chi connectivity index (χ1v) is 7.97. The SMILES string of the molecule is Cc1noc(C)c1S(=O)(=O)NC1CCC(C(=O)O)CC1. The number of aliphatic carboxylic acids is 1. The second-order valence-electron chi connectivity index (χ2n) is 5.16. The first-order chi connectivity index (χ1) is 9.31. The Hall–Kier alpha value is -1.41. The van der Waals surface area contributed by atoms with E-state index in [-0.39, 0.29) is 22.6 Å². The molecule has 7 nitrogen and oxygen atoms in total. The molecular formula is C12H18N2O5S. The van der Waals surface area contributed by atoms with E-state index in [1.807, 2.05) is 0 Å². The van der Waals surface area contributed by atoms with Crippen molar-refractivity contribution in [1.29, 1.82) is 0 Å². The lowest BCUT2D eigenvalue weighted by Crippen LogP contribution is -2.39. The van der Waals surface area contributed by atoms with Crippen molar-refractivity contribution < 1.29 is 22.8 Å². The Bertz CT molecular complexity index is 580. The molecule has 1 heterocycles. The number of nitrogens with zero attached hydrogens (tertiary/aromatic N) is 1. The number of hydrogen-bond acceptors (Lipinski definition) is 5. The number of aryl methyl sites for hydroxylation is 2. The van der Waals surface area contributed by atoms with Gasteiger partial charge in [-0.05, 0) is 39.5 Å². The van der Waals surface area contributed by atoms with Crippen molar-refractivity contribution in [2.75, 3.05) is 0 Å². The molecule has 8 heteroatoms. The summed E-state index contributed by atoms with van der Waals surface area (Å²) in [6.07, 6.45) is 2.04. The summed E-state index contributed by atoms with van der Waals surface area (Å²) in [4.78, 5) is 10.9. The number of hydrogen-bond donors (Lipinski definition) is 2. The molecule has 0 radical (unpaired) electrons. The van der Waals surface area contributed by atoms with Crippen LogP contribution in [-0.2, 0) is 14.8 Å². The standard InChI is InChI=1S/C12H18N2O5S/c1-7-11(8(2)19-13-7)20(17,18)14-10-5-3-9(4-6-10)12(15)16/h9-10,14H,3-6H2,1-2H3,(H,15,16). The third-order valence-electron chi connectivity index (χ3n) is 3.63. The van der Waals surface area contributed by atoms with Gasteiger partial charge >= 0.3 is 5.97 Å². The fourth-order valence-electron chi connectivity index (χ4n) is 2.59. The number of sulfonamides is 1. The van der Waals surface area contributed by atoms with Crippen molar-refractivity contribution >= 4 is 16.0 Å². The second kappa shape index (κ2) is 5.53. The molecule has 20 heavy (non-hydrogen) atoms. The van der Waals surface area contributed by atoms with Gasteiger partial charge in [-0.2, -0.15) is 0 Å². The van der Waals surface area contributed by atoms with Gasteiger partial charge in [0.2, 0.25) is 10.0 Å². The minimum absolute atomic E-state index is 0.0814. The van der Waals surface area contributed by atoms with Crippen LogP contribution in [-0.4, -0.2) is 30.7 Å². The maximum atomic E-state index is 12.3. The predicted molar refractivity (Wildman–Crippen MR) is 69.7 cm³/mol. The van der Waals surface area contributed by atoms with Crippen LogP contribution in [0.2, 0.25) is 0 Å². The van der Waals surface area contributed by atoms with Crippen molar-refractivity contribution in [2.45, 2.75) is 50.5 Å². The predicted octanol–water partition coefficient (Wildman–Crippen LogP) is 1.21. The molecule has 0 atom stereocenters. The van der Waals surface area contributed by atoms with E-state index in [0.29, 0.717) is 31.4 Å². The zero-order valence-corrected chi connectivity index (χ0v) is 12.2. The Labute approximate surface area is 117 Å². The molecule has 0 bridgehead atoms. The van der Waals surface area contributed by atoms with Crippen molar-refractivity contribution in [2.24, 2.45) is 5.92 Å². The second-order valence-corrected chi connectivity index (χ2v) is 6.81. The number of carboxylic acids is 1. The number of rotatable bonds is 4. The molecule has 1 saturated carbocycles. The van der Waals surface area contributed by atoms with Crippen LogP contribution in [0.15, 0.2) is 9.42 Å². The zero-order valence-electron chi connectivity index (χ0n) is 11.4. The van der Waals surface area contributed by atoms with E-state index < -0.39 is 16.0 Å². The number of carboxylic acid groups (broad SMARTS) is 1. The van der Waals surface area contributed by atoms with Gasteiger partial charge in [-0.15, -0.1) is 0 Å². The third-order valence-corrected chi connectivity index (χ3v) is 5.40. The fraction of sp³-hybridized carbons (Fsp3) is 0.667. The highest BCUT2D eigenvalue weighted by Gasteiger charge is 2.31. The summed E-state index contributed by atoms with van der Waals surface area (Å²) < 4.78 is 32.1. The van der Waals surface area contributed by atoms with Crippen molar-refractivity contribution in [3.63, 3.8) is 0 Å². The highest BCUT2D eigenvalue weighted by atomic mass is 32.2. The minimum Gasteiger partial charge on any atom is -0.481 e. The lowest BCUT2D eigenvalue weighted by atomic mass is 9.87. The van der Waals surface area contributed by atoms with E-state index in [4.69, 9.17) is 9.63 Å². The van der Waals surface area contributed by atoms with Crippen LogP contribution in [0.3, 0.4) is 0 Å². The molecule has 0 amide bonds. The topological polar surface area (TPSA) is 110 Å².